The number of nitrogens with zero attached hydrogens (tertiary/aromatic N) is 1. The Morgan fingerprint density at radius 1 is 1.06 bits per heavy atom. The van der Waals surface area contributed by atoms with Crippen molar-refractivity contribution in [3.63, 3.8) is 0 Å². The number of para-hydroxylation sites is 1. The Bertz CT molecular complexity index is 1260. The molecule has 8 heteroatoms. The van der Waals surface area contributed by atoms with E-state index in [1.54, 1.807) is 24.3 Å². The zero-order valence-electron chi connectivity index (χ0n) is 17.4. The van der Waals surface area contributed by atoms with E-state index in [4.69, 9.17) is 9.47 Å². The normalized spacial score (nSPS) is 12.4. The molecular weight excluding hydrogens is 416 g/mol. The quantitative estimate of drug-likeness (QED) is 0.612. The van der Waals surface area contributed by atoms with Crippen LogP contribution in [0, 0.1) is 0 Å². The van der Waals surface area contributed by atoms with Crippen LogP contribution in [-0.4, -0.2) is 35.6 Å². The number of esters is 1. The number of methoxy groups -OCH3 is 1. The number of anilines is 2. The van der Waals surface area contributed by atoms with E-state index in [0.29, 0.717) is 28.1 Å². The van der Waals surface area contributed by atoms with Gasteiger partial charge in [-0.1, -0.05) is 18.2 Å². The molecule has 0 spiro atoms. The van der Waals surface area contributed by atoms with Gasteiger partial charge in [0.25, 0.3) is 0 Å². The van der Waals surface area contributed by atoms with Gasteiger partial charge in [0.05, 0.1) is 18.4 Å². The van der Waals surface area contributed by atoms with Crippen LogP contribution < -0.4 is 14.4 Å². The van der Waals surface area contributed by atoms with Crippen LogP contribution in [0.2, 0.25) is 0 Å². The number of sulfonamides is 1. The zero-order chi connectivity index (χ0) is 22.2. The molecule has 0 atom stereocenters. The summed E-state index contributed by atoms with van der Waals surface area (Å²) in [5.41, 5.74) is 3.90. The van der Waals surface area contributed by atoms with Crippen LogP contribution >= 0.6 is 0 Å². The van der Waals surface area contributed by atoms with E-state index in [2.05, 4.69) is 4.72 Å². The summed E-state index contributed by atoms with van der Waals surface area (Å²) < 4.78 is 39.0. The number of rotatable bonds is 5. The summed E-state index contributed by atoms with van der Waals surface area (Å²) in [5, 5.41) is 0. The van der Waals surface area contributed by atoms with Gasteiger partial charge < -0.3 is 14.4 Å². The van der Waals surface area contributed by atoms with Gasteiger partial charge in [0.1, 0.15) is 17.3 Å². The van der Waals surface area contributed by atoms with E-state index >= 15 is 0 Å². The lowest BCUT2D eigenvalue weighted by Crippen LogP contribution is -2.23. The molecule has 160 valence electrons. The number of nitrogens with one attached hydrogen (secondary N) is 1. The molecule has 3 aromatic carbocycles. The third kappa shape index (κ3) is 3.75. The summed E-state index contributed by atoms with van der Waals surface area (Å²) in [7, 11) is 0.743. The first-order chi connectivity index (χ1) is 14.9. The summed E-state index contributed by atoms with van der Waals surface area (Å²) in [5.74, 6) is 0.107. The second kappa shape index (κ2) is 8.05. The van der Waals surface area contributed by atoms with Crippen molar-refractivity contribution < 1.29 is 22.7 Å². The highest BCUT2D eigenvalue weighted by Gasteiger charge is 2.27. The molecule has 0 bridgehead atoms. The first-order valence-corrected chi connectivity index (χ1v) is 11.1. The van der Waals surface area contributed by atoms with Crippen LogP contribution in [0.3, 0.4) is 0 Å². The van der Waals surface area contributed by atoms with Crippen LogP contribution in [0.4, 0.5) is 11.4 Å². The Morgan fingerprint density at radius 2 is 1.81 bits per heavy atom. The van der Waals surface area contributed by atoms with E-state index < -0.39 is 16.0 Å². The molecule has 1 N–H and O–H groups in total. The Balaban J connectivity index is 1.94. The molecule has 0 aliphatic carbocycles. The molecule has 0 saturated carbocycles. The number of hydrogen-bond acceptors (Lipinski definition) is 6. The number of carbonyl (C=O) groups excluding carboxylic acids is 1. The first-order valence-electron chi connectivity index (χ1n) is 9.60. The molecular formula is C23H22N2O5S. The van der Waals surface area contributed by atoms with Crippen molar-refractivity contribution in [1.82, 2.24) is 4.72 Å². The van der Waals surface area contributed by atoms with Gasteiger partial charge >= 0.3 is 5.97 Å². The Kier molecular flexibility index (Phi) is 5.43. The first kappa shape index (κ1) is 20.9. The Hall–Kier alpha value is -3.36. The van der Waals surface area contributed by atoms with E-state index in [9.17, 15) is 13.2 Å². The van der Waals surface area contributed by atoms with Gasteiger partial charge in [-0.25, -0.2) is 17.9 Å². The van der Waals surface area contributed by atoms with Gasteiger partial charge in [-0.3, -0.25) is 0 Å². The Morgan fingerprint density at radius 3 is 2.48 bits per heavy atom. The van der Waals surface area contributed by atoms with Crippen LogP contribution in [0.5, 0.6) is 5.75 Å². The highest BCUT2D eigenvalue weighted by atomic mass is 32.2. The minimum atomic E-state index is -3.77. The SMILES string of the molecule is CNS(=O)(=O)c1cc2c(cc1N(C)c1ccccc1)COc1ccc(C(=O)OC)cc1-2. The summed E-state index contributed by atoms with van der Waals surface area (Å²) in [6, 6.07) is 17.9. The lowest BCUT2D eigenvalue weighted by Gasteiger charge is -2.27. The third-order valence-corrected chi connectivity index (χ3v) is 6.77. The van der Waals surface area contributed by atoms with Crippen LogP contribution in [0.1, 0.15) is 15.9 Å². The van der Waals surface area contributed by atoms with Crippen molar-refractivity contribution in [3.8, 4) is 16.9 Å². The van der Waals surface area contributed by atoms with Crippen molar-refractivity contribution in [2.45, 2.75) is 11.5 Å². The summed E-state index contributed by atoms with van der Waals surface area (Å²) in [6.45, 7) is 0.287. The van der Waals surface area contributed by atoms with E-state index in [1.807, 2.05) is 48.3 Å². The van der Waals surface area contributed by atoms with Gasteiger partial charge in [0.2, 0.25) is 10.0 Å². The minimum Gasteiger partial charge on any atom is -0.488 e. The largest absolute Gasteiger partial charge is 0.488 e. The summed E-state index contributed by atoms with van der Waals surface area (Å²) >= 11 is 0. The number of carbonyl (C=O) groups is 1. The van der Waals surface area contributed by atoms with Crippen molar-refractivity contribution in [2.24, 2.45) is 0 Å². The van der Waals surface area contributed by atoms with Gasteiger partial charge in [-0.05, 0) is 60.6 Å². The maximum Gasteiger partial charge on any atom is 0.337 e. The van der Waals surface area contributed by atoms with Crippen molar-refractivity contribution in [2.75, 3.05) is 26.1 Å². The van der Waals surface area contributed by atoms with Crippen LogP contribution in [-0.2, 0) is 21.4 Å². The highest BCUT2D eigenvalue weighted by Crippen LogP contribution is 2.43. The van der Waals surface area contributed by atoms with Crippen molar-refractivity contribution in [3.05, 3.63) is 71.8 Å². The molecule has 3 aromatic rings. The molecule has 1 aliphatic rings. The van der Waals surface area contributed by atoms with Crippen LogP contribution in [0.15, 0.2) is 65.6 Å². The molecule has 0 aromatic heterocycles. The molecule has 7 nitrogen and oxygen atoms in total. The van der Waals surface area contributed by atoms with Crippen LogP contribution in [0.25, 0.3) is 11.1 Å². The Labute approximate surface area is 181 Å². The molecule has 0 amide bonds. The van der Waals surface area contributed by atoms with E-state index in [1.165, 1.54) is 14.2 Å². The van der Waals surface area contributed by atoms with E-state index in [0.717, 1.165) is 11.3 Å². The molecule has 0 radical (unpaired) electrons. The number of fused-ring (bicyclic) bond motifs is 3. The standard InChI is InChI=1S/C23H22N2O5S/c1-24-31(27,28)22-13-18-16(12-20(22)25(2)17-7-5-4-6-8-17)14-30-21-10-9-15(11-19(18)21)23(26)29-3/h4-13,24H,14H2,1-3H3. The van der Waals surface area contributed by atoms with Gasteiger partial charge in [-0.2, -0.15) is 0 Å². The molecule has 0 saturated heterocycles. The van der Waals surface area contributed by atoms with E-state index in [-0.39, 0.29) is 11.5 Å². The van der Waals surface area contributed by atoms with Gasteiger partial charge in [0.15, 0.2) is 0 Å². The predicted molar refractivity (Wildman–Crippen MR) is 118 cm³/mol. The highest BCUT2D eigenvalue weighted by molar-refractivity contribution is 7.89. The molecule has 0 unspecified atom stereocenters. The lowest BCUT2D eigenvalue weighted by molar-refractivity contribution is 0.0600. The average Bonchev–Trinajstić information content (AvgIpc) is 2.82. The lowest BCUT2D eigenvalue weighted by atomic mass is 9.94. The molecule has 31 heavy (non-hydrogen) atoms. The molecule has 1 aliphatic heterocycles. The van der Waals surface area contributed by atoms with Crippen molar-refractivity contribution >= 4 is 27.4 Å². The third-order valence-electron chi connectivity index (χ3n) is 5.32. The number of hydrogen-bond donors (Lipinski definition) is 1. The molecule has 1 heterocycles. The zero-order valence-corrected chi connectivity index (χ0v) is 18.2. The topological polar surface area (TPSA) is 84.9 Å². The molecule has 0 fully saturated rings. The fourth-order valence-electron chi connectivity index (χ4n) is 3.63. The average molecular weight is 439 g/mol. The van der Waals surface area contributed by atoms with Gasteiger partial charge in [-0.15, -0.1) is 0 Å². The second-order valence-corrected chi connectivity index (χ2v) is 8.93. The monoisotopic (exact) mass is 438 g/mol. The smallest absolute Gasteiger partial charge is 0.337 e. The maximum atomic E-state index is 12.9. The fourth-order valence-corrected chi connectivity index (χ4v) is 4.59. The van der Waals surface area contributed by atoms with Gasteiger partial charge in [0, 0.05) is 18.3 Å². The second-order valence-electron chi connectivity index (χ2n) is 7.07. The fraction of sp³-hybridized carbons (Fsp3) is 0.174. The predicted octanol–water partition coefficient (Wildman–Crippen LogP) is 3.71. The summed E-state index contributed by atoms with van der Waals surface area (Å²) in [6.07, 6.45) is 0. The van der Waals surface area contributed by atoms with Crippen molar-refractivity contribution in [1.29, 1.82) is 0 Å². The summed E-state index contributed by atoms with van der Waals surface area (Å²) in [4.78, 5) is 14.0. The molecule has 4 rings (SSSR count). The maximum absolute atomic E-state index is 12.9. The number of ether oxygens (including phenoxy) is 2. The number of benzene rings is 3. The minimum absolute atomic E-state index is 0.136.